The first kappa shape index (κ1) is 13.6. The van der Waals surface area contributed by atoms with Crippen LogP contribution in [0.4, 0.5) is 5.69 Å². The standard InChI is InChI=1S/C11H15ClN2O3/c1-13-6-11(15)14-8-5-10(17-3)9(16-2)4-7(8)12/h4-5,13H,6H2,1-3H3,(H,14,15). The molecular formula is C11H15ClN2O3. The summed E-state index contributed by atoms with van der Waals surface area (Å²) in [6.45, 7) is 0.213. The molecule has 0 saturated carbocycles. The summed E-state index contributed by atoms with van der Waals surface area (Å²) in [6, 6.07) is 3.21. The van der Waals surface area contributed by atoms with E-state index >= 15 is 0 Å². The van der Waals surface area contributed by atoms with Gasteiger partial charge in [-0.25, -0.2) is 0 Å². The number of likely N-dealkylation sites (N-methyl/N-ethyl adjacent to an activating group) is 1. The highest BCUT2D eigenvalue weighted by Crippen LogP contribution is 2.35. The number of anilines is 1. The maximum absolute atomic E-state index is 11.4. The van der Waals surface area contributed by atoms with Gasteiger partial charge in [0.2, 0.25) is 5.91 Å². The van der Waals surface area contributed by atoms with Gasteiger partial charge in [0.05, 0.1) is 31.5 Å². The molecule has 17 heavy (non-hydrogen) atoms. The van der Waals surface area contributed by atoms with Gasteiger partial charge in [-0.05, 0) is 7.05 Å². The van der Waals surface area contributed by atoms with Crippen molar-refractivity contribution in [3.8, 4) is 11.5 Å². The average molecular weight is 259 g/mol. The third-order valence-corrected chi connectivity index (χ3v) is 2.40. The number of hydrogen-bond donors (Lipinski definition) is 2. The fraction of sp³-hybridized carbons (Fsp3) is 0.364. The van der Waals surface area contributed by atoms with Crippen molar-refractivity contribution < 1.29 is 14.3 Å². The van der Waals surface area contributed by atoms with Crippen LogP contribution in [0, 0.1) is 0 Å². The van der Waals surface area contributed by atoms with Gasteiger partial charge in [-0.1, -0.05) is 11.6 Å². The van der Waals surface area contributed by atoms with Gasteiger partial charge < -0.3 is 20.1 Å². The summed E-state index contributed by atoms with van der Waals surface area (Å²) in [5.41, 5.74) is 0.490. The number of carbonyl (C=O) groups excluding carboxylic acids is 1. The molecule has 2 N–H and O–H groups in total. The first-order valence-electron chi connectivity index (χ1n) is 4.98. The molecule has 0 radical (unpaired) electrons. The fourth-order valence-corrected chi connectivity index (χ4v) is 1.51. The highest BCUT2D eigenvalue weighted by molar-refractivity contribution is 6.34. The van der Waals surface area contributed by atoms with E-state index in [1.807, 2.05) is 0 Å². The third-order valence-electron chi connectivity index (χ3n) is 2.08. The van der Waals surface area contributed by atoms with Crippen LogP contribution in [0.25, 0.3) is 0 Å². The number of halogens is 1. The summed E-state index contributed by atoms with van der Waals surface area (Å²) in [7, 11) is 4.73. The fourth-order valence-electron chi connectivity index (χ4n) is 1.30. The molecule has 0 saturated heterocycles. The number of ether oxygens (including phenoxy) is 2. The first-order valence-corrected chi connectivity index (χ1v) is 5.36. The van der Waals surface area contributed by atoms with Crippen LogP contribution in [0.15, 0.2) is 12.1 Å². The molecule has 0 atom stereocenters. The smallest absolute Gasteiger partial charge is 0.238 e. The van der Waals surface area contributed by atoms with E-state index in [-0.39, 0.29) is 12.5 Å². The number of nitrogens with one attached hydrogen (secondary N) is 2. The predicted molar refractivity (Wildman–Crippen MR) is 67.1 cm³/mol. The Morgan fingerprint density at radius 3 is 2.41 bits per heavy atom. The van der Waals surface area contributed by atoms with Crippen molar-refractivity contribution in [2.24, 2.45) is 0 Å². The third kappa shape index (κ3) is 3.51. The van der Waals surface area contributed by atoms with E-state index in [0.29, 0.717) is 22.2 Å². The number of methoxy groups -OCH3 is 2. The molecule has 6 heteroatoms. The summed E-state index contributed by atoms with van der Waals surface area (Å²) < 4.78 is 10.2. The summed E-state index contributed by atoms with van der Waals surface area (Å²) in [4.78, 5) is 11.4. The number of hydrogen-bond acceptors (Lipinski definition) is 4. The Kier molecular flexibility index (Phi) is 5.06. The van der Waals surface area contributed by atoms with Crippen molar-refractivity contribution in [1.29, 1.82) is 0 Å². The number of benzene rings is 1. The van der Waals surface area contributed by atoms with E-state index in [0.717, 1.165) is 0 Å². The van der Waals surface area contributed by atoms with Crippen LogP contribution in [0.3, 0.4) is 0 Å². The average Bonchev–Trinajstić information content (AvgIpc) is 2.31. The molecule has 1 amide bonds. The summed E-state index contributed by atoms with van der Waals surface area (Å²) >= 11 is 6.01. The maximum Gasteiger partial charge on any atom is 0.238 e. The van der Waals surface area contributed by atoms with E-state index in [9.17, 15) is 4.79 Å². The minimum absolute atomic E-state index is 0.179. The zero-order valence-corrected chi connectivity index (χ0v) is 10.7. The van der Waals surface area contributed by atoms with E-state index in [4.69, 9.17) is 21.1 Å². The summed E-state index contributed by atoms with van der Waals surface area (Å²) in [5.74, 6) is 0.849. The van der Waals surface area contributed by atoms with Crippen molar-refractivity contribution in [1.82, 2.24) is 5.32 Å². The van der Waals surface area contributed by atoms with Crippen molar-refractivity contribution in [2.75, 3.05) is 33.1 Å². The Morgan fingerprint density at radius 1 is 1.29 bits per heavy atom. The maximum atomic E-state index is 11.4. The Bertz CT molecular complexity index is 410. The monoisotopic (exact) mass is 258 g/mol. The van der Waals surface area contributed by atoms with Gasteiger partial charge in [0, 0.05) is 12.1 Å². The highest BCUT2D eigenvalue weighted by atomic mass is 35.5. The largest absolute Gasteiger partial charge is 0.493 e. The number of carbonyl (C=O) groups is 1. The molecule has 0 aromatic heterocycles. The molecule has 0 aliphatic rings. The summed E-state index contributed by atoms with van der Waals surface area (Å²) in [5, 5.41) is 5.81. The summed E-state index contributed by atoms with van der Waals surface area (Å²) in [6.07, 6.45) is 0. The zero-order valence-electron chi connectivity index (χ0n) is 9.96. The second-order valence-corrected chi connectivity index (χ2v) is 3.67. The molecule has 1 aromatic rings. The molecule has 0 fully saturated rings. The molecule has 0 bridgehead atoms. The highest BCUT2D eigenvalue weighted by Gasteiger charge is 2.11. The Labute approximate surface area is 105 Å². The first-order chi connectivity index (χ1) is 8.12. The van der Waals surface area contributed by atoms with Crippen molar-refractivity contribution >= 4 is 23.2 Å². The van der Waals surface area contributed by atoms with Gasteiger partial charge >= 0.3 is 0 Å². The Morgan fingerprint density at radius 2 is 1.88 bits per heavy atom. The number of rotatable bonds is 5. The van der Waals surface area contributed by atoms with Crippen LogP contribution >= 0.6 is 11.6 Å². The normalized spacial score (nSPS) is 9.88. The van der Waals surface area contributed by atoms with Crippen LogP contribution in [0.2, 0.25) is 5.02 Å². The van der Waals surface area contributed by atoms with Crippen LogP contribution in [0.1, 0.15) is 0 Å². The lowest BCUT2D eigenvalue weighted by atomic mass is 10.2. The Hall–Kier alpha value is -1.46. The second-order valence-electron chi connectivity index (χ2n) is 3.27. The molecule has 1 aromatic carbocycles. The lowest BCUT2D eigenvalue weighted by Gasteiger charge is -2.12. The SMILES string of the molecule is CNCC(=O)Nc1cc(OC)c(OC)cc1Cl. The molecule has 0 heterocycles. The molecule has 0 aliphatic heterocycles. The van der Waals surface area contributed by atoms with Gasteiger partial charge in [-0.2, -0.15) is 0 Å². The molecule has 94 valence electrons. The van der Waals surface area contributed by atoms with Gasteiger partial charge in [-0.15, -0.1) is 0 Å². The van der Waals surface area contributed by atoms with E-state index < -0.39 is 0 Å². The van der Waals surface area contributed by atoms with Crippen molar-refractivity contribution in [2.45, 2.75) is 0 Å². The van der Waals surface area contributed by atoms with Gasteiger partial charge in [0.15, 0.2) is 11.5 Å². The van der Waals surface area contributed by atoms with Crippen LogP contribution in [-0.2, 0) is 4.79 Å². The molecule has 1 rings (SSSR count). The van der Waals surface area contributed by atoms with Crippen LogP contribution in [-0.4, -0.2) is 33.7 Å². The van der Waals surface area contributed by atoms with E-state index in [1.165, 1.54) is 14.2 Å². The Balaban J connectivity index is 2.96. The lowest BCUT2D eigenvalue weighted by molar-refractivity contribution is -0.115. The van der Waals surface area contributed by atoms with Crippen LogP contribution in [0.5, 0.6) is 11.5 Å². The number of amides is 1. The van der Waals surface area contributed by atoms with Gasteiger partial charge in [-0.3, -0.25) is 4.79 Å². The quantitative estimate of drug-likeness (QED) is 0.841. The predicted octanol–water partition coefficient (Wildman–Crippen LogP) is 1.52. The van der Waals surface area contributed by atoms with Crippen LogP contribution < -0.4 is 20.1 Å². The van der Waals surface area contributed by atoms with Gasteiger partial charge in [0.1, 0.15) is 0 Å². The van der Waals surface area contributed by atoms with Gasteiger partial charge in [0.25, 0.3) is 0 Å². The topological polar surface area (TPSA) is 59.6 Å². The van der Waals surface area contributed by atoms with E-state index in [1.54, 1.807) is 19.2 Å². The van der Waals surface area contributed by atoms with Crippen molar-refractivity contribution in [3.05, 3.63) is 17.2 Å². The minimum Gasteiger partial charge on any atom is -0.493 e. The van der Waals surface area contributed by atoms with E-state index in [2.05, 4.69) is 10.6 Å². The molecule has 0 spiro atoms. The van der Waals surface area contributed by atoms with Crippen molar-refractivity contribution in [3.63, 3.8) is 0 Å². The molecule has 5 nitrogen and oxygen atoms in total. The minimum atomic E-state index is -0.179. The second kappa shape index (κ2) is 6.32. The lowest BCUT2D eigenvalue weighted by Crippen LogP contribution is -2.25. The molecule has 0 unspecified atom stereocenters. The molecule has 0 aliphatic carbocycles. The zero-order chi connectivity index (χ0) is 12.8. The molecular weight excluding hydrogens is 244 g/mol.